The first-order valence-corrected chi connectivity index (χ1v) is 7.04. The highest BCUT2D eigenvalue weighted by atomic mass is 16.4. The van der Waals surface area contributed by atoms with Crippen molar-refractivity contribution in [1.82, 2.24) is 9.80 Å². The summed E-state index contributed by atoms with van der Waals surface area (Å²) in [5.41, 5.74) is 2.47. The minimum absolute atomic E-state index is 0.345. The molecule has 0 saturated carbocycles. The Morgan fingerprint density at radius 2 is 1.80 bits per heavy atom. The zero-order valence-electron chi connectivity index (χ0n) is 13.0. The number of hydrogen-bond acceptors (Lipinski definition) is 3. The van der Waals surface area contributed by atoms with Gasteiger partial charge in [-0.25, -0.2) is 0 Å². The van der Waals surface area contributed by atoms with Crippen molar-refractivity contribution in [2.24, 2.45) is 5.92 Å². The number of nitrogens with zero attached hydrogens (tertiary/aromatic N) is 2. The van der Waals surface area contributed by atoms with Crippen molar-refractivity contribution < 1.29 is 9.90 Å². The number of carbonyl (C=O) groups is 1. The van der Waals surface area contributed by atoms with Gasteiger partial charge < -0.3 is 10.0 Å². The van der Waals surface area contributed by atoms with E-state index in [2.05, 4.69) is 41.0 Å². The van der Waals surface area contributed by atoms with Crippen molar-refractivity contribution >= 4 is 5.97 Å². The van der Waals surface area contributed by atoms with Crippen LogP contribution in [-0.4, -0.2) is 54.6 Å². The van der Waals surface area contributed by atoms with Crippen LogP contribution < -0.4 is 0 Å². The molecule has 4 nitrogen and oxygen atoms in total. The van der Waals surface area contributed by atoms with E-state index >= 15 is 0 Å². The van der Waals surface area contributed by atoms with Gasteiger partial charge in [0.05, 0.1) is 5.92 Å². The molecule has 0 amide bonds. The fourth-order valence-corrected chi connectivity index (χ4v) is 1.99. The molecule has 0 radical (unpaired) electrons. The van der Waals surface area contributed by atoms with Crippen molar-refractivity contribution in [1.29, 1.82) is 0 Å². The minimum atomic E-state index is -0.733. The number of aliphatic carboxylic acids is 1. The first kappa shape index (κ1) is 16.7. The van der Waals surface area contributed by atoms with Crippen LogP contribution in [0.1, 0.15) is 18.1 Å². The molecule has 20 heavy (non-hydrogen) atoms. The average molecular weight is 278 g/mol. The van der Waals surface area contributed by atoms with Crippen LogP contribution in [0.4, 0.5) is 0 Å². The molecule has 0 bridgehead atoms. The predicted octanol–water partition coefficient (Wildman–Crippen LogP) is 2.08. The fraction of sp³-hybridized carbons (Fsp3) is 0.562. The van der Waals surface area contributed by atoms with Crippen molar-refractivity contribution in [2.45, 2.75) is 20.4 Å². The van der Waals surface area contributed by atoms with Crippen molar-refractivity contribution in [3.63, 3.8) is 0 Å². The van der Waals surface area contributed by atoms with Crippen molar-refractivity contribution in [2.75, 3.05) is 33.7 Å². The first-order valence-electron chi connectivity index (χ1n) is 7.04. The van der Waals surface area contributed by atoms with Crippen LogP contribution in [0.3, 0.4) is 0 Å². The molecular formula is C16H26N2O2. The van der Waals surface area contributed by atoms with Gasteiger partial charge in [0.2, 0.25) is 0 Å². The van der Waals surface area contributed by atoms with E-state index in [9.17, 15) is 4.79 Å². The minimum Gasteiger partial charge on any atom is -0.481 e. The lowest BCUT2D eigenvalue weighted by Gasteiger charge is -2.25. The Labute approximate surface area is 122 Å². The molecule has 1 unspecified atom stereocenters. The first-order chi connectivity index (χ1) is 9.38. The topological polar surface area (TPSA) is 43.8 Å². The largest absolute Gasteiger partial charge is 0.481 e. The van der Waals surface area contributed by atoms with E-state index in [0.29, 0.717) is 6.54 Å². The molecule has 1 rings (SSSR count). The van der Waals surface area contributed by atoms with E-state index in [4.69, 9.17) is 5.11 Å². The summed E-state index contributed by atoms with van der Waals surface area (Å²) in [5.74, 6) is -1.08. The summed E-state index contributed by atoms with van der Waals surface area (Å²) >= 11 is 0. The fourth-order valence-electron chi connectivity index (χ4n) is 1.99. The quantitative estimate of drug-likeness (QED) is 0.790. The van der Waals surface area contributed by atoms with Crippen LogP contribution in [0.15, 0.2) is 24.3 Å². The lowest BCUT2D eigenvalue weighted by atomic mass is 10.1. The van der Waals surface area contributed by atoms with Crippen LogP contribution in [0.25, 0.3) is 0 Å². The number of carboxylic acids is 1. The third-order valence-electron chi connectivity index (χ3n) is 3.34. The third kappa shape index (κ3) is 6.17. The van der Waals surface area contributed by atoms with Gasteiger partial charge in [0.1, 0.15) is 0 Å². The van der Waals surface area contributed by atoms with Crippen LogP contribution in [0, 0.1) is 12.8 Å². The van der Waals surface area contributed by atoms with Gasteiger partial charge in [-0.1, -0.05) is 36.8 Å². The van der Waals surface area contributed by atoms with Crippen molar-refractivity contribution in [3.8, 4) is 0 Å². The number of benzene rings is 1. The summed E-state index contributed by atoms with van der Waals surface area (Å²) in [4.78, 5) is 15.4. The maximum Gasteiger partial charge on any atom is 0.307 e. The van der Waals surface area contributed by atoms with Crippen LogP contribution in [-0.2, 0) is 11.3 Å². The Morgan fingerprint density at radius 3 is 2.30 bits per heavy atom. The molecule has 1 aromatic carbocycles. The summed E-state index contributed by atoms with van der Waals surface area (Å²) in [7, 11) is 4.06. The third-order valence-corrected chi connectivity index (χ3v) is 3.34. The average Bonchev–Trinajstić information content (AvgIpc) is 2.38. The molecule has 1 atom stereocenters. The second-order valence-corrected chi connectivity index (χ2v) is 5.76. The van der Waals surface area contributed by atoms with Gasteiger partial charge >= 0.3 is 5.97 Å². The van der Waals surface area contributed by atoms with Gasteiger partial charge in [0.25, 0.3) is 0 Å². The highest BCUT2D eigenvalue weighted by Crippen LogP contribution is 2.09. The van der Waals surface area contributed by atoms with Gasteiger partial charge in [-0.2, -0.15) is 0 Å². The Bertz CT molecular complexity index is 415. The highest BCUT2D eigenvalue weighted by Gasteiger charge is 2.16. The number of rotatable bonds is 8. The normalized spacial score (nSPS) is 12.9. The van der Waals surface area contributed by atoms with Crippen LogP contribution in [0.2, 0.25) is 0 Å². The standard InChI is InChI=1S/C16H26N2O2/c1-13-5-7-15(8-6-13)12-18(10-9-17(3)4)11-14(2)16(19)20/h5-8,14H,9-12H2,1-4H3,(H,19,20). The molecule has 0 fully saturated rings. The van der Waals surface area contributed by atoms with E-state index < -0.39 is 5.97 Å². The lowest BCUT2D eigenvalue weighted by Crippen LogP contribution is -2.36. The number of hydrogen-bond donors (Lipinski definition) is 1. The molecule has 0 aromatic heterocycles. The maximum atomic E-state index is 11.0. The molecule has 0 spiro atoms. The van der Waals surface area contributed by atoms with Gasteiger partial charge in [0, 0.05) is 26.2 Å². The smallest absolute Gasteiger partial charge is 0.307 e. The summed E-state index contributed by atoms with van der Waals surface area (Å²) < 4.78 is 0. The van der Waals surface area contributed by atoms with Crippen LogP contribution in [0.5, 0.6) is 0 Å². The molecule has 4 heteroatoms. The zero-order chi connectivity index (χ0) is 15.1. The molecule has 112 valence electrons. The molecule has 1 N–H and O–H groups in total. The van der Waals surface area contributed by atoms with E-state index in [1.807, 2.05) is 14.1 Å². The SMILES string of the molecule is Cc1ccc(CN(CCN(C)C)CC(C)C(=O)O)cc1. The number of aryl methyl sites for hydroxylation is 1. The summed E-state index contributed by atoms with van der Waals surface area (Å²) in [6, 6.07) is 8.42. The van der Waals surface area contributed by atoms with Gasteiger partial charge in [0.15, 0.2) is 0 Å². The number of likely N-dealkylation sites (N-methyl/N-ethyl adjacent to an activating group) is 1. The molecule has 0 aliphatic heterocycles. The Hall–Kier alpha value is -1.39. The zero-order valence-corrected chi connectivity index (χ0v) is 13.0. The lowest BCUT2D eigenvalue weighted by molar-refractivity contribution is -0.141. The Kier molecular flexibility index (Phi) is 6.68. The molecule has 0 saturated heterocycles. The molecule has 0 aliphatic rings. The van der Waals surface area contributed by atoms with Crippen LogP contribution >= 0.6 is 0 Å². The second-order valence-electron chi connectivity index (χ2n) is 5.76. The second kappa shape index (κ2) is 8.02. The van der Waals surface area contributed by atoms with Gasteiger partial charge in [-0.05, 0) is 26.6 Å². The highest BCUT2D eigenvalue weighted by molar-refractivity contribution is 5.69. The Balaban J connectivity index is 2.65. The van der Waals surface area contributed by atoms with E-state index in [-0.39, 0.29) is 5.92 Å². The molecule has 1 aromatic rings. The summed E-state index contributed by atoms with van der Waals surface area (Å²) in [6.07, 6.45) is 0. The van der Waals surface area contributed by atoms with Gasteiger partial charge in [-0.15, -0.1) is 0 Å². The Morgan fingerprint density at radius 1 is 1.20 bits per heavy atom. The number of carboxylic acid groups (broad SMARTS) is 1. The van der Waals surface area contributed by atoms with Crippen molar-refractivity contribution in [3.05, 3.63) is 35.4 Å². The van der Waals surface area contributed by atoms with E-state index in [1.165, 1.54) is 11.1 Å². The summed E-state index contributed by atoms with van der Waals surface area (Å²) in [6.45, 7) is 7.01. The predicted molar refractivity (Wildman–Crippen MR) is 81.8 cm³/mol. The van der Waals surface area contributed by atoms with Gasteiger partial charge in [-0.3, -0.25) is 9.69 Å². The molecule has 0 aliphatic carbocycles. The van der Waals surface area contributed by atoms with E-state index in [1.54, 1.807) is 6.92 Å². The summed E-state index contributed by atoms with van der Waals surface area (Å²) in [5, 5.41) is 9.07. The molecular weight excluding hydrogens is 252 g/mol. The maximum absolute atomic E-state index is 11.0. The molecule has 0 heterocycles. The monoisotopic (exact) mass is 278 g/mol. The van der Waals surface area contributed by atoms with E-state index in [0.717, 1.165) is 19.6 Å².